The summed E-state index contributed by atoms with van der Waals surface area (Å²) in [6.07, 6.45) is 4.35. The first-order valence-corrected chi connectivity index (χ1v) is 7.58. The SMILES string of the molecule is CCOP(=O)(COC1C=CC(Cl)C1)OCC. The lowest BCUT2D eigenvalue weighted by molar-refractivity contribution is 0.0947. The van der Waals surface area contributed by atoms with E-state index in [-0.39, 0.29) is 17.8 Å². The second-order valence-corrected chi connectivity index (χ2v) is 5.97. The topological polar surface area (TPSA) is 44.8 Å². The minimum absolute atomic E-state index is 0.00331. The fourth-order valence-electron chi connectivity index (χ4n) is 1.44. The highest BCUT2D eigenvalue weighted by Crippen LogP contribution is 2.48. The van der Waals surface area contributed by atoms with Crippen molar-refractivity contribution in [3.63, 3.8) is 0 Å². The fourth-order valence-corrected chi connectivity index (χ4v) is 3.08. The lowest BCUT2D eigenvalue weighted by Crippen LogP contribution is -2.12. The van der Waals surface area contributed by atoms with Crippen LogP contribution in [-0.4, -0.2) is 31.0 Å². The van der Waals surface area contributed by atoms with Gasteiger partial charge in [0.05, 0.1) is 24.7 Å². The summed E-state index contributed by atoms with van der Waals surface area (Å²) in [5.74, 6) is 0. The lowest BCUT2D eigenvalue weighted by atomic mass is 10.3. The van der Waals surface area contributed by atoms with Crippen LogP contribution in [0.2, 0.25) is 0 Å². The van der Waals surface area contributed by atoms with Crippen molar-refractivity contribution in [2.75, 3.05) is 19.6 Å². The van der Waals surface area contributed by atoms with E-state index < -0.39 is 7.60 Å². The molecule has 0 aliphatic heterocycles. The molecule has 1 rings (SSSR count). The van der Waals surface area contributed by atoms with Crippen molar-refractivity contribution in [3.8, 4) is 0 Å². The Morgan fingerprint density at radius 3 is 2.38 bits per heavy atom. The van der Waals surface area contributed by atoms with E-state index in [0.29, 0.717) is 19.6 Å². The van der Waals surface area contributed by atoms with Crippen molar-refractivity contribution in [2.24, 2.45) is 0 Å². The van der Waals surface area contributed by atoms with Gasteiger partial charge in [-0.15, -0.1) is 11.6 Å². The molecule has 0 amide bonds. The summed E-state index contributed by atoms with van der Waals surface area (Å²) in [6, 6.07) is 0. The standard InChI is InChI=1S/C10H18ClO4P/c1-3-14-16(12,15-4-2)8-13-10-6-5-9(11)7-10/h5-6,9-10H,3-4,7-8H2,1-2H3. The number of hydrogen-bond acceptors (Lipinski definition) is 4. The van der Waals surface area contributed by atoms with E-state index in [2.05, 4.69) is 0 Å². The molecular weight excluding hydrogens is 251 g/mol. The third-order valence-corrected chi connectivity index (χ3v) is 4.18. The Hall–Kier alpha value is 0.140. The minimum atomic E-state index is -3.09. The van der Waals surface area contributed by atoms with Gasteiger partial charge in [-0.25, -0.2) is 0 Å². The number of ether oxygens (including phenoxy) is 1. The Kier molecular flexibility index (Phi) is 6.01. The van der Waals surface area contributed by atoms with E-state index in [0.717, 1.165) is 0 Å². The van der Waals surface area contributed by atoms with Crippen LogP contribution in [0.1, 0.15) is 20.3 Å². The molecule has 0 heterocycles. The molecular formula is C10H18ClO4P. The first-order valence-electron chi connectivity index (χ1n) is 5.41. The van der Waals surface area contributed by atoms with Crippen LogP contribution in [0.4, 0.5) is 0 Å². The van der Waals surface area contributed by atoms with Crippen molar-refractivity contribution in [1.29, 1.82) is 0 Å². The summed E-state index contributed by atoms with van der Waals surface area (Å²) in [6.45, 7) is 4.24. The van der Waals surface area contributed by atoms with E-state index in [1.165, 1.54) is 0 Å². The van der Waals surface area contributed by atoms with Crippen LogP contribution in [-0.2, 0) is 18.3 Å². The average Bonchev–Trinajstić information content (AvgIpc) is 2.62. The summed E-state index contributed by atoms with van der Waals surface area (Å²) in [4.78, 5) is 0. The molecule has 6 heteroatoms. The monoisotopic (exact) mass is 268 g/mol. The zero-order chi connectivity index (χ0) is 12.0. The first kappa shape index (κ1) is 14.2. The highest BCUT2D eigenvalue weighted by molar-refractivity contribution is 7.53. The summed E-state index contributed by atoms with van der Waals surface area (Å²) in [5, 5.41) is 0.00331. The molecule has 4 nitrogen and oxygen atoms in total. The zero-order valence-electron chi connectivity index (χ0n) is 9.60. The number of rotatable bonds is 7. The van der Waals surface area contributed by atoms with Crippen molar-refractivity contribution < 1.29 is 18.3 Å². The number of hydrogen-bond donors (Lipinski definition) is 0. The Labute approximate surface area is 101 Å². The Morgan fingerprint density at radius 2 is 1.94 bits per heavy atom. The van der Waals surface area contributed by atoms with Gasteiger partial charge in [0, 0.05) is 0 Å². The number of halogens is 1. The van der Waals surface area contributed by atoms with Crippen molar-refractivity contribution in [1.82, 2.24) is 0 Å². The molecule has 0 saturated carbocycles. The molecule has 0 aromatic heterocycles. The van der Waals surface area contributed by atoms with Gasteiger partial charge in [-0.05, 0) is 20.3 Å². The second kappa shape index (κ2) is 6.77. The molecule has 0 spiro atoms. The molecule has 0 N–H and O–H groups in total. The smallest absolute Gasteiger partial charge is 0.356 e. The van der Waals surface area contributed by atoms with Gasteiger partial charge in [0.1, 0.15) is 6.35 Å². The molecule has 1 aliphatic rings. The summed E-state index contributed by atoms with van der Waals surface area (Å²) >= 11 is 5.88. The molecule has 0 radical (unpaired) electrons. The minimum Gasteiger partial charge on any atom is -0.361 e. The summed E-state index contributed by atoms with van der Waals surface area (Å²) in [5.41, 5.74) is 0. The zero-order valence-corrected chi connectivity index (χ0v) is 11.2. The summed E-state index contributed by atoms with van der Waals surface area (Å²) in [7, 11) is -3.09. The van der Waals surface area contributed by atoms with Crippen molar-refractivity contribution >= 4 is 19.2 Å². The van der Waals surface area contributed by atoms with Crippen LogP contribution < -0.4 is 0 Å². The second-order valence-electron chi connectivity index (χ2n) is 3.42. The molecule has 2 atom stereocenters. The van der Waals surface area contributed by atoms with Crippen LogP contribution in [0, 0.1) is 0 Å². The van der Waals surface area contributed by atoms with Crippen molar-refractivity contribution in [2.45, 2.75) is 31.7 Å². The molecule has 94 valence electrons. The predicted molar refractivity (Wildman–Crippen MR) is 64.0 cm³/mol. The largest absolute Gasteiger partial charge is 0.361 e. The van der Waals surface area contributed by atoms with E-state index in [4.69, 9.17) is 25.4 Å². The fraction of sp³-hybridized carbons (Fsp3) is 0.800. The van der Waals surface area contributed by atoms with Gasteiger partial charge in [-0.2, -0.15) is 0 Å². The van der Waals surface area contributed by atoms with Crippen LogP contribution in [0.25, 0.3) is 0 Å². The predicted octanol–water partition coefficient (Wildman–Crippen LogP) is 3.16. The van der Waals surface area contributed by atoms with Gasteiger partial charge in [-0.1, -0.05) is 12.2 Å². The first-order chi connectivity index (χ1) is 7.59. The van der Waals surface area contributed by atoms with Crippen LogP contribution in [0.3, 0.4) is 0 Å². The van der Waals surface area contributed by atoms with Gasteiger partial charge in [0.2, 0.25) is 0 Å². The Bertz CT molecular complexity index is 272. The maximum absolute atomic E-state index is 12.0. The quantitative estimate of drug-likeness (QED) is 0.404. The molecule has 0 bridgehead atoms. The summed E-state index contributed by atoms with van der Waals surface area (Å²) < 4.78 is 27.7. The van der Waals surface area contributed by atoms with Crippen LogP contribution in [0.5, 0.6) is 0 Å². The molecule has 0 aromatic rings. The van der Waals surface area contributed by atoms with Gasteiger partial charge >= 0.3 is 7.60 Å². The average molecular weight is 269 g/mol. The van der Waals surface area contributed by atoms with E-state index in [9.17, 15) is 4.57 Å². The Balaban J connectivity index is 2.38. The number of alkyl halides is 1. The van der Waals surface area contributed by atoms with E-state index in [1.807, 2.05) is 12.2 Å². The molecule has 0 saturated heterocycles. The van der Waals surface area contributed by atoms with Crippen LogP contribution >= 0.6 is 19.2 Å². The maximum atomic E-state index is 12.0. The van der Waals surface area contributed by atoms with E-state index in [1.54, 1.807) is 13.8 Å². The van der Waals surface area contributed by atoms with Crippen molar-refractivity contribution in [3.05, 3.63) is 12.2 Å². The van der Waals surface area contributed by atoms with Gasteiger partial charge in [-0.3, -0.25) is 4.57 Å². The normalized spacial score (nSPS) is 25.2. The highest BCUT2D eigenvalue weighted by atomic mass is 35.5. The maximum Gasteiger partial charge on any atom is 0.356 e. The van der Waals surface area contributed by atoms with Gasteiger partial charge in [0.25, 0.3) is 0 Å². The van der Waals surface area contributed by atoms with E-state index >= 15 is 0 Å². The third kappa shape index (κ3) is 4.56. The molecule has 0 aromatic carbocycles. The third-order valence-electron chi connectivity index (χ3n) is 2.09. The molecule has 16 heavy (non-hydrogen) atoms. The highest BCUT2D eigenvalue weighted by Gasteiger charge is 2.27. The molecule has 2 unspecified atom stereocenters. The Morgan fingerprint density at radius 1 is 1.31 bits per heavy atom. The van der Waals surface area contributed by atoms with Gasteiger partial charge < -0.3 is 13.8 Å². The molecule has 0 fully saturated rings. The lowest BCUT2D eigenvalue weighted by Gasteiger charge is -2.19. The van der Waals surface area contributed by atoms with Gasteiger partial charge in [0.15, 0.2) is 0 Å². The number of allylic oxidation sites excluding steroid dienone is 1. The van der Waals surface area contributed by atoms with Crippen LogP contribution in [0.15, 0.2) is 12.2 Å². The molecule has 1 aliphatic carbocycles.